The molecule has 23 heavy (non-hydrogen) atoms. The summed E-state index contributed by atoms with van der Waals surface area (Å²) in [5.41, 5.74) is 1.87. The number of halogens is 1. The average Bonchev–Trinajstić information content (AvgIpc) is 2.85. The number of phenolic OH excluding ortho intramolecular Hbond substituents is 1. The van der Waals surface area contributed by atoms with Crippen LogP contribution in [0.3, 0.4) is 0 Å². The van der Waals surface area contributed by atoms with Gasteiger partial charge in [0.2, 0.25) is 5.78 Å². The van der Waals surface area contributed by atoms with Gasteiger partial charge in [-0.3, -0.25) is 4.79 Å². The van der Waals surface area contributed by atoms with Crippen LogP contribution in [0.25, 0.3) is 0 Å². The van der Waals surface area contributed by atoms with Crippen molar-refractivity contribution in [2.75, 3.05) is 14.1 Å². The molecule has 1 aromatic carbocycles. The zero-order valence-corrected chi connectivity index (χ0v) is 15.7. The molecule has 0 atom stereocenters. The number of carbonyl (C=O) groups excluding carboxylic acids is 1. The van der Waals surface area contributed by atoms with Gasteiger partial charge in [-0.1, -0.05) is 32.4 Å². The Balaban J connectivity index is 2.57. The van der Waals surface area contributed by atoms with Crippen LogP contribution < -0.4 is 0 Å². The van der Waals surface area contributed by atoms with Crippen molar-refractivity contribution >= 4 is 28.7 Å². The minimum Gasteiger partial charge on any atom is -0.507 e. The van der Waals surface area contributed by atoms with Crippen molar-refractivity contribution < 1.29 is 9.90 Å². The molecule has 1 heterocycles. The van der Waals surface area contributed by atoms with Crippen molar-refractivity contribution in [1.82, 2.24) is 4.90 Å². The highest BCUT2D eigenvalue weighted by molar-refractivity contribution is 7.18. The zero-order chi connectivity index (χ0) is 17.4. The first kappa shape index (κ1) is 18.0. The van der Waals surface area contributed by atoms with Gasteiger partial charge in [0.25, 0.3) is 0 Å². The fourth-order valence-electron chi connectivity index (χ4n) is 2.44. The van der Waals surface area contributed by atoms with Crippen molar-refractivity contribution in [3.05, 3.63) is 50.2 Å². The van der Waals surface area contributed by atoms with E-state index >= 15 is 0 Å². The van der Waals surface area contributed by atoms with Crippen molar-refractivity contribution in [1.29, 1.82) is 0 Å². The van der Waals surface area contributed by atoms with Gasteiger partial charge in [-0.05, 0) is 43.8 Å². The van der Waals surface area contributed by atoms with Crippen molar-refractivity contribution in [3.63, 3.8) is 0 Å². The first-order valence-electron chi connectivity index (χ1n) is 7.40. The number of aromatic hydroxyl groups is 1. The van der Waals surface area contributed by atoms with Crippen molar-refractivity contribution in [2.45, 2.75) is 32.7 Å². The topological polar surface area (TPSA) is 40.5 Å². The van der Waals surface area contributed by atoms with Gasteiger partial charge >= 0.3 is 0 Å². The predicted octanol–water partition coefficient (Wildman–Crippen LogP) is 4.70. The third-order valence-electron chi connectivity index (χ3n) is 3.54. The molecule has 2 rings (SSSR count). The molecule has 0 amide bonds. The van der Waals surface area contributed by atoms with E-state index in [9.17, 15) is 9.90 Å². The van der Waals surface area contributed by atoms with Crippen molar-refractivity contribution in [3.8, 4) is 5.75 Å². The number of nitrogens with zero attached hydrogens (tertiary/aromatic N) is 1. The lowest BCUT2D eigenvalue weighted by molar-refractivity contribution is 0.104. The predicted molar refractivity (Wildman–Crippen MR) is 97.0 cm³/mol. The second-order valence-electron chi connectivity index (χ2n) is 6.95. The summed E-state index contributed by atoms with van der Waals surface area (Å²) in [5.74, 6) is 0.208. The number of benzene rings is 1. The molecule has 0 saturated carbocycles. The van der Waals surface area contributed by atoms with E-state index in [0.717, 1.165) is 11.1 Å². The lowest BCUT2D eigenvalue weighted by atomic mass is 9.83. The van der Waals surface area contributed by atoms with Gasteiger partial charge in [0.15, 0.2) is 0 Å². The van der Waals surface area contributed by atoms with Gasteiger partial charge < -0.3 is 10.0 Å². The molecule has 0 aliphatic heterocycles. The summed E-state index contributed by atoms with van der Waals surface area (Å²) in [6.45, 7) is 6.65. The van der Waals surface area contributed by atoms with Gasteiger partial charge in [-0.25, -0.2) is 0 Å². The molecule has 0 bridgehead atoms. The largest absolute Gasteiger partial charge is 0.507 e. The Morgan fingerprint density at radius 1 is 1.26 bits per heavy atom. The summed E-state index contributed by atoms with van der Waals surface area (Å²) in [6, 6.07) is 7.04. The quantitative estimate of drug-likeness (QED) is 0.812. The highest BCUT2D eigenvalue weighted by atomic mass is 35.5. The molecular formula is C18H22ClNO2S. The number of phenols is 1. The Kier molecular flexibility index (Phi) is 5.19. The summed E-state index contributed by atoms with van der Waals surface area (Å²) in [6.07, 6.45) is 0. The summed E-state index contributed by atoms with van der Waals surface area (Å²) in [4.78, 5) is 15.3. The number of carbonyl (C=O) groups is 1. The summed E-state index contributed by atoms with van der Waals surface area (Å²) in [7, 11) is 3.87. The molecule has 0 saturated heterocycles. The molecule has 0 fully saturated rings. The summed E-state index contributed by atoms with van der Waals surface area (Å²) >= 11 is 7.21. The summed E-state index contributed by atoms with van der Waals surface area (Å²) < 4.78 is 0.594. The Morgan fingerprint density at radius 3 is 2.39 bits per heavy atom. The molecule has 124 valence electrons. The molecule has 0 aliphatic rings. The number of ketones is 1. The van der Waals surface area contributed by atoms with E-state index in [4.69, 9.17) is 11.6 Å². The highest BCUT2D eigenvalue weighted by Crippen LogP contribution is 2.36. The van der Waals surface area contributed by atoms with Crippen LogP contribution in [0.15, 0.2) is 24.3 Å². The van der Waals surface area contributed by atoms with Crippen LogP contribution in [0.4, 0.5) is 0 Å². The Hall–Kier alpha value is -1.36. The second-order valence-corrected chi connectivity index (χ2v) is 8.67. The van der Waals surface area contributed by atoms with E-state index in [1.165, 1.54) is 11.3 Å². The third-order valence-corrected chi connectivity index (χ3v) is 4.77. The van der Waals surface area contributed by atoms with Crippen LogP contribution in [0.2, 0.25) is 4.34 Å². The minimum atomic E-state index is -0.255. The summed E-state index contributed by atoms with van der Waals surface area (Å²) in [5, 5.41) is 10.6. The number of hydrogen-bond donors (Lipinski definition) is 1. The first-order chi connectivity index (χ1) is 10.6. The van der Waals surface area contributed by atoms with E-state index in [1.807, 2.05) is 39.8 Å². The molecule has 1 aromatic heterocycles. The zero-order valence-electron chi connectivity index (χ0n) is 14.1. The van der Waals surface area contributed by atoms with E-state index < -0.39 is 0 Å². The van der Waals surface area contributed by atoms with Crippen molar-refractivity contribution in [2.24, 2.45) is 0 Å². The number of rotatable bonds is 4. The maximum Gasteiger partial charge on any atom is 0.203 e. The number of hydrogen-bond acceptors (Lipinski definition) is 4. The number of thiophene rings is 1. The van der Waals surface area contributed by atoms with Crippen LogP contribution in [-0.2, 0) is 12.0 Å². The molecule has 1 N–H and O–H groups in total. The fourth-order valence-corrected chi connectivity index (χ4v) is 3.44. The second kappa shape index (κ2) is 6.63. The fraction of sp³-hybridized carbons (Fsp3) is 0.389. The Morgan fingerprint density at radius 2 is 1.91 bits per heavy atom. The van der Waals surface area contributed by atoms with Gasteiger partial charge in [-0.2, -0.15) is 0 Å². The van der Waals surface area contributed by atoms with Crippen LogP contribution in [0, 0.1) is 0 Å². The smallest absolute Gasteiger partial charge is 0.203 e. The maximum absolute atomic E-state index is 12.7. The van der Waals surface area contributed by atoms with E-state index in [-0.39, 0.29) is 16.9 Å². The molecule has 3 nitrogen and oxygen atoms in total. The Bertz CT molecular complexity index is 729. The minimum absolute atomic E-state index is 0.0626. The van der Waals surface area contributed by atoms with E-state index in [1.54, 1.807) is 24.3 Å². The molecule has 0 radical (unpaired) electrons. The molecule has 0 aliphatic carbocycles. The molecule has 0 spiro atoms. The van der Waals surface area contributed by atoms with Gasteiger partial charge in [-0.15, -0.1) is 11.3 Å². The van der Waals surface area contributed by atoms with Gasteiger partial charge in [0.05, 0.1) is 9.21 Å². The third kappa shape index (κ3) is 4.14. The monoisotopic (exact) mass is 351 g/mol. The van der Waals surface area contributed by atoms with Gasteiger partial charge in [0, 0.05) is 23.2 Å². The molecule has 0 unspecified atom stereocenters. The highest BCUT2D eigenvalue weighted by Gasteiger charge is 2.24. The maximum atomic E-state index is 12.7. The van der Waals surface area contributed by atoms with E-state index in [0.29, 0.717) is 21.3 Å². The molecular weight excluding hydrogens is 330 g/mol. The molecule has 5 heteroatoms. The van der Waals surface area contributed by atoms with Crippen LogP contribution in [0.5, 0.6) is 5.75 Å². The average molecular weight is 352 g/mol. The molecule has 2 aromatic rings. The standard InChI is InChI=1S/C18H22ClNO2S/c1-18(2,3)13-9-11(8-12(16(13)21)10-20(4)5)17(22)14-6-7-15(19)23-14/h6-9,21H,10H2,1-5H3. The lowest BCUT2D eigenvalue weighted by Gasteiger charge is -2.24. The SMILES string of the molecule is CN(C)Cc1cc(C(=O)c2ccc(Cl)s2)cc(C(C)(C)C)c1O. The normalized spacial score (nSPS) is 12.0. The van der Waals surface area contributed by atoms with Crippen LogP contribution in [0.1, 0.15) is 47.1 Å². The lowest BCUT2D eigenvalue weighted by Crippen LogP contribution is -2.17. The Labute approximate surface area is 146 Å². The van der Waals surface area contributed by atoms with E-state index in [2.05, 4.69) is 0 Å². The van der Waals surface area contributed by atoms with Gasteiger partial charge in [0.1, 0.15) is 5.75 Å². The van der Waals surface area contributed by atoms with Crippen LogP contribution >= 0.6 is 22.9 Å². The van der Waals surface area contributed by atoms with Crippen LogP contribution in [-0.4, -0.2) is 29.9 Å². The first-order valence-corrected chi connectivity index (χ1v) is 8.60.